The molecule has 0 aromatic carbocycles. The highest BCUT2D eigenvalue weighted by molar-refractivity contribution is 5.98. The quantitative estimate of drug-likeness (QED) is 0.728. The number of ketones is 2. The number of piperidine rings is 1. The van der Waals surface area contributed by atoms with E-state index in [9.17, 15) is 9.59 Å². The predicted octanol–water partition coefficient (Wildman–Crippen LogP) is 2.87. The molecule has 104 valence electrons. The molecular formula is C16H23NO2. The van der Waals surface area contributed by atoms with Gasteiger partial charge < -0.3 is 4.90 Å². The van der Waals surface area contributed by atoms with Crippen LogP contribution in [0.1, 0.15) is 45.4 Å². The van der Waals surface area contributed by atoms with Crippen LogP contribution in [0.15, 0.2) is 23.9 Å². The number of carbonyl (C=O) groups is 2. The Morgan fingerprint density at radius 2 is 1.89 bits per heavy atom. The minimum absolute atomic E-state index is 0.233. The summed E-state index contributed by atoms with van der Waals surface area (Å²) >= 11 is 0. The number of allylic oxidation sites excluding steroid dienone is 4. The first kappa shape index (κ1) is 14.0. The minimum atomic E-state index is 0.233. The molecular weight excluding hydrogens is 238 g/mol. The van der Waals surface area contributed by atoms with Crippen molar-refractivity contribution >= 4 is 11.6 Å². The van der Waals surface area contributed by atoms with E-state index in [1.807, 2.05) is 13.0 Å². The maximum atomic E-state index is 11.7. The molecule has 0 spiro atoms. The van der Waals surface area contributed by atoms with Crippen LogP contribution in [0.5, 0.6) is 0 Å². The fourth-order valence-corrected chi connectivity index (χ4v) is 2.69. The van der Waals surface area contributed by atoms with Gasteiger partial charge in [-0.2, -0.15) is 0 Å². The highest BCUT2D eigenvalue weighted by Gasteiger charge is 2.27. The van der Waals surface area contributed by atoms with Crippen molar-refractivity contribution in [3.63, 3.8) is 0 Å². The Morgan fingerprint density at radius 3 is 2.32 bits per heavy atom. The Morgan fingerprint density at radius 1 is 1.16 bits per heavy atom. The van der Waals surface area contributed by atoms with E-state index in [0.717, 1.165) is 38.0 Å². The first-order valence-corrected chi connectivity index (χ1v) is 7.37. The summed E-state index contributed by atoms with van der Waals surface area (Å²) in [6.07, 6.45) is 12.1. The summed E-state index contributed by atoms with van der Waals surface area (Å²) in [4.78, 5) is 24.1. The number of rotatable bonds is 1. The first-order chi connectivity index (χ1) is 9.18. The zero-order chi connectivity index (χ0) is 13.7. The van der Waals surface area contributed by atoms with Gasteiger partial charge in [0.1, 0.15) is 0 Å². The lowest BCUT2D eigenvalue weighted by molar-refractivity contribution is -0.119. The van der Waals surface area contributed by atoms with E-state index in [4.69, 9.17) is 0 Å². The third kappa shape index (κ3) is 3.79. The molecule has 0 saturated carbocycles. The molecule has 0 radical (unpaired) electrons. The van der Waals surface area contributed by atoms with Crippen molar-refractivity contribution in [3.05, 3.63) is 23.9 Å². The molecule has 0 aromatic rings. The molecule has 0 aromatic heterocycles. The average molecular weight is 261 g/mol. The summed E-state index contributed by atoms with van der Waals surface area (Å²) in [5.74, 6) is 0.869. The second-order valence-corrected chi connectivity index (χ2v) is 5.55. The van der Waals surface area contributed by atoms with Gasteiger partial charge in [0.15, 0.2) is 11.6 Å². The summed E-state index contributed by atoms with van der Waals surface area (Å²) < 4.78 is 0. The molecule has 3 rings (SSSR count). The number of likely N-dealkylation sites (tertiary alicyclic amines) is 1. The van der Waals surface area contributed by atoms with Gasteiger partial charge in [-0.3, -0.25) is 9.59 Å². The van der Waals surface area contributed by atoms with Gasteiger partial charge in [-0.05, 0) is 38.2 Å². The second-order valence-electron chi connectivity index (χ2n) is 5.55. The van der Waals surface area contributed by atoms with Crippen molar-refractivity contribution < 1.29 is 9.59 Å². The lowest BCUT2D eigenvalue weighted by atomic mass is 10.1. The van der Waals surface area contributed by atoms with Crippen LogP contribution in [-0.4, -0.2) is 29.6 Å². The zero-order valence-corrected chi connectivity index (χ0v) is 11.7. The van der Waals surface area contributed by atoms with Crippen molar-refractivity contribution in [2.45, 2.75) is 45.4 Å². The normalized spacial score (nSPS) is 26.3. The van der Waals surface area contributed by atoms with E-state index in [-0.39, 0.29) is 11.7 Å². The number of carbonyl (C=O) groups excluding carboxylic acids is 2. The highest BCUT2D eigenvalue weighted by Crippen LogP contribution is 2.25. The molecule has 1 heterocycles. The third-order valence-electron chi connectivity index (χ3n) is 3.92. The molecule has 3 heteroatoms. The maximum absolute atomic E-state index is 11.7. The molecule has 19 heavy (non-hydrogen) atoms. The number of nitrogens with zero attached hydrogens (tertiary/aromatic N) is 1. The second kappa shape index (κ2) is 6.69. The van der Waals surface area contributed by atoms with E-state index in [0.29, 0.717) is 5.78 Å². The Kier molecular flexibility index (Phi) is 4.94. The average Bonchev–Trinajstić information content (AvgIpc) is 3.03. The SMILES string of the molecule is CC1CC=C(N2CCCCC2)C1=O.O=C1C=CCC1. The van der Waals surface area contributed by atoms with Gasteiger partial charge in [0.05, 0.1) is 5.70 Å². The molecule has 0 bridgehead atoms. The van der Waals surface area contributed by atoms with Gasteiger partial charge in [0.25, 0.3) is 0 Å². The fraction of sp³-hybridized carbons (Fsp3) is 0.625. The van der Waals surface area contributed by atoms with E-state index in [1.165, 1.54) is 19.3 Å². The smallest absolute Gasteiger partial charge is 0.181 e. The zero-order valence-electron chi connectivity index (χ0n) is 11.7. The third-order valence-corrected chi connectivity index (χ3v) is 3.92. The van der Waals surface area contributed by atoms with Crippen LogP contribution in [0.3, 0.4) is 0 Å². The van der Waals surface area contributed by atoms with Crippen molar-refractivity contribution in [1.82, 2.24) is 4.90 Å². The standard InChI is InChI=1S/C11H17NO.C5H6O/c1-9-5-6-10(11(9)13)12-7-3-2-4-8-12;6-5-3-1-2-4-5/h6,9H,2-5,7-8H2,1H3;1,3H,2,4H2. The topological polar surface area (TPSA) is 37.4 Å². The lowest BCUT2D eigenvalue weighted by Gasteiger charge is -2.29. The minimum Gasteiger partial charge on any atom is -0.369 e. The van der Waals surface area contributed by atoms with Gasteiger partial charge >= 0.3 is 0 Å². The van der Waals surface area contributed by atoms with E-state index in [1.54, 1.807) is 6.08 Å². The van der Waals surface area contributed by atoms with Gasteiger partial charge in [-0.1, -0.05) is 19.1 Å². The van der Waals surface area contributed by atoms with Crippen LogP contribution in [0, 0.1) is 5.92 Å². The Bertz CT molecular complexity index is 403. The number of hydrogen-bond donors (Lipinski definition) is 0. The van der Waals surface area contributed by atoms with Crippen LogP contribution >= 0.6 is 0 Å². The Hall–Kier alpha value is -1.38. The summed E-state index contributed by atoms with van der Waals surface area (Å²) in [6, 6.07) is 0. The molecule has 2 aliphatic carbocycles. The largest absolute Gasteiger partial charge is 0.369 e. The molecule has 1 fully saturated rings. The molecule has 0 N–H and O–H groups in total. The fourth-order valence-electron chi connectivity index (χ4n) is 2.69. The summed E-state index contributed by atoms with van der Waals surface area (Å²) in [5.41, 5.74) is 1.01. The van der Waals surface area contributed by atoms with Crippen LogP contribution < -0.4 is 0 Å². The van der Waals surface area contributed by atoms with Gasteiger partial charge in [0, 0.05) is 25.4 Å². The number of hydrogen-bond acceptors (Lipinski definition) is 3. The van der Waals surface area contributed by atoms with Crippen molar-refractivity contribution in [2.75, 3.05) is 13.1 Å². The Balaban J connectivity index is 0.000000186. The van der Waals surface area contributed by atoms with E-state index in [2.05, 4.69) is 11.0 Å². The number of Topliss-reactive ketones (excluding diaryl/α,β-unsaturated/α-hetero) is 1. The molecule has 1 atom stereocenters. The first-order valence-electron chi connectivity index (χ1n) is 7.37. The van der Waals surface area contributed by atoms with Gasteiger partial charge in [0.2, 0.25) is 0 Å². The van der Waals surface area contributed by atoms with Crippen molar-refractivity contribution in [2.24, 2.45) is 5.92 Å². The molecule has 1 unspecified atom stereocenters. The van der Waals surface area contributed by atoms with E-state index < -0.39 is 0 Å². The van der Waals surface area contributed by atoms with Crippen molar-refractivity contribution in [3.8, 4) is 0 Å². The lowest BCUT2D eigenvalue weighted by Crippen LogP contribution is -2.32. The monoisotopic (exact) mass is 261 g/mol. The summed E-state index contributed by atoms with van der Waals surface area (Å²) in [7, 11) is 0. The Labute approximate surface area is 115 Å². The molecule has 3 nitrogen and oxygen atoms in total. The highest BCUT2D eigenvalue weighted by atomic mass is 16.1. The van der Waals surface area contributed by atoms with E-state index >= 15 is 0 Å². The van der Waals surface area contributed by atoms with Crippen molar-refractivity contribution in [1.29, 1.82) is 0 Å². The van der Waals surface area contributed by atoms with Crippen LogP contribution in [-0.2, 0) is 9.59 Å². The van der Waals surface area contributed by atoms with Crippen LogP contribution in [0.25, 0.3) is 0 Å². The van der Waals surface area contributed by atoms with Gasteiger partial charge in [-0.25, -0.2) is 0 Å². The van der Waals surface area contributed by atoms with Crippen LogP contribution in [0.2, 0.25) is 0 Å². The summed E-state index contributed by atoms with van der Waals surface area (Å²) in [6.45, 7) is 4.20. The molecule has 1 saturated heterocycles. The predicted molar refractivity (Wildman–Crippen MR) is 75.7 cm³/mol. The van der Waals surface area contributed by atoms with Crippen LogP contribution in [0.4, 0.5) is 0 Å². The van der Waals surface area contributed by atoms with Gasteiger partial charge in [-0.15, -0.1) is 0 Å². The maximum Gasteiger partial charge on any atom is 0.181 e. The molecule has 0 amide bonds. The summed E-state index contributed by atoms with van der Waals surface area (Å²) in [5, 5.41) is 0. The molecule has 1 aliphatic heterocycles. The molecule has 3 aliphatic rings.